The van der Waals surface area contributed by atoms with Gasteiger partial charge in [-0.15, -0.1) is 11.3 Å². The average Bonchev–Trinajstić information content (AvgIpc) is 3.02. The molecule has 17 heavy (non-hydrogen) atoms. The van der Waals surface area contributed by atoms with Gasteiger partial charge >= 0.3 is 0 Å². The molecular formula is C13H11BrN2S. The standard InChI is InChI=1S/C13H11BrN2S/c14-12-7-9(8-17-12)13(10-3-1-5-15-10)11-4-2-6-16-11/h1-8,13,15-16H. The molecule has 0 aliphatic carbocycles. The number of hydrogen-bond acceptors (Lipinski definition) is 1. The lowest BCUT2D eigenvalue weighted by atomic mass is 9.95. The molecule has 0 unspecified atom stereocenters. The highest BCUT2D eigenvalue weighted by Crippen LogP contribution is 2.34. The molecule has 0 aromatic carbocycles. The molecule has 3 rings (SSSR count). The fraction of sp³-hybridized carbons (Fsp3) is 0.0769. The van der Waals surface area contributed by atoms with Gasteiger partial charge in [-0.2, -0.15) is 0 Å². The van der Waals surface area contributed by atoms with Crippen LogP contribution in [-0.2, 0) is 0 Å². The molecule has 3 heterocycles. The number of nitrogens with one attached hydrogen (secondary N) is 2. The second-order valence-corrected chi connectivity index (χ2v) is 6.16. The number of rotatable bonds is 3. The number of thiophene rings is 1. The van der Waals surface area contributed by atoms with E-state index in [-0.39, 0.29) is 5.92 Å². The summed E-state index contributed by atoms with van der Waals surface area (Å²) in [4.78, 5) is 6.61. The van der Waals surface area contributed by atoms with Gasteiger partial charge in [0.1, 0.15) is 0 Å². The second kappa shape index (κ2) is 4.55. The van der Waals surface area contributed by atoms with Gasteiger partial charge < -0.3 is 9.97 Å². The Morgan fingerprint density at radius 3 is 2.12 bits per heavy atom. The van der Waals surface area contributed by atoms with Gasteiger partial charge in [0.15, 0.2) is 0 Å². The van der Waals surface area contributed by atoms with Crippen molar-refractivity contribution in [2.45, 2.75) is 5.92 Å². The lowest BCUT2D eigenvalue weighted by Crippen LogP contribution is -2.02. The first-order valence-electron chi connectivity index (χ1n) is 5.35. The van der Waals surface area contributed by atoms with Gasteiger partial charge in [-0.1, -0.05) is 0 Å². The van der Waals surface area contributed by atoms with Crippen molar-refractivity contribution >= 4 is 27.3 Å². The zero-order valence-corrected chi connectivity index (χ0v) is 11.4. The molecule has 0 amide bonds. The van der Waals surface area contributed by atoms with Crippen molar-refractivity contribution in [3.63, 3.8) is 0 Å². The van der Waals surface area contributed by atoms with Crippen LogP contribution in [0.15, 0.2) is 51.9 Å². The predicted molar refractivity (Wildman–Crippen MR) is 74.5 cm³/mol. The molecule has 3 aromatic rings. The summed E-state index contributed by atoms with van der Waals surface area (Å²) in [6.45, 7) is 0. The lowest BCUT2D eigenvalue weighted by Gasteiger charge is -2.13. The Labute approximate surface area is 112 Å². The molecule has 0 fully saturated rings. The summed E-state index contributed by atoms with van der Waals surface area (Å²) >= 11 is 5.24. The van der Waals surface area contributed by atoms with Crippen LogP contribution in [0.1, 0.15) is 22.9 Å². The van der Waals surface area contributed by atoms with Crippen molar-refractivity contribution in [3.05, 3.63) is 68.8 Å². The van der Waals surface area contributed by atoms with Crippen molar-refractivity contribution in [2.24, 2.45) is 0 Å². The Balaban J connectivity index is 2.09. The Kier molecular flexibility index (Phi) is 2.91. The van der Waals surface area contributed by atoms with Crippen LogP contribution >= 0.6 is 27.3 Å². The first kappa shape index (κ1) is 10.9. The second-order valence-electron chi connectivity index (χ2n) is 3.87. The molecule has 0 aliphatic rings. The van der Waals surface area contributed by atoms with Crippen LogP contribution in [-0.4, -0.2) is 9.97 Å². The highest BCUT2D eigenvalue weighted by atomic mass is 79.9. The van der Waals surface area contributed by atoms with Crippen LogP contribution in [0.2, 0.25) is 0 Å². The number of H-pyrrole nitrogens is 2. The van der Waals surface area contributed by atoms with Crippen molar-refractivity contribution in [3.8, 4) is 0 Å². The maximum absolute atomic E-state index is 3.53. The van der Waals surface area contributed by atoms with Gasteiger partial charge in [-0.3, -0.25) is 0 Å². The summed E-state index contributed by atoms with van der Waals surface area (Å²) in [5, 5.41) is 2.19. The molecule has 0 bridgehead atoms. The van der Waals surface area contributed by atoms with E-state index in [9.17, 15) is 0 Å². The number of aromatic nitrogens is 2. The van der Waals surface area contributed by atoms with E-state index in [1.165, 1.54) is 17.0 Å². The molecular weight excluding hydrogens is 296 g/mol. The number of hydrogen-bond donors (Lipinski definition) is 2. The number of halogens is 1. The normalized spacial score (nSPS) is 11.2. The smallest absolute Gasteiger partial charge is 0.0701 e. The van der Waals surface area contributed by atoms with E-state index < -0.39 is 0 Å². The van der Waals surface area contributed by atoms with E-state index in [0.29, 0.717) is 0 Å². The van der Waals surface area contributed by atoms with Crippen molar-refractivity contribution in [2.75, 3.05) is 0 Å². The van der Waals surface area contributed by atoms with E-state index in [1.54, 1.807) is 11.3 Å². The number of aromatic amines is 2. The molecule has 0 saturated heterocycles. The van der Waals surface area contributed by atoms with Gasteiger partial charge in [0.25, 0.3) is 0 Å². The van der Waals surface area contributed by atoms with Crippen LogP contribution in [0.3, 0.4) is 0 Å². The van der Waals surface area contributed by atoms with Crippen LogP contribution in [0, 0.1) is 0 Å². The monoisotopic (exact) mass is 306 g/mol. The van der Waals surface area contributed by atoms with Crippen LogP contribution in [0.25, 0.3) is 0 Å². The quantitative estimate of drug-likeness (QED) is 0.721. The summed E-state index contributed by atoms with van der Waals surface area (Å²) < 4.78 is 1.16. The van der Waals surface area contributed by atoms with Gasteiger partial charge in [0.2, 0.25) is 0 Å². The molecule has 0 spiro atoms. The third kappa shape index (κ3) is 2.10. The predicted octanol–water partition coefficient (Wildman–Crippen LogP) is 4.35. The Hall–Kier alpha value is -1.26. The first-order valence-corrected chi connectivity index (χ1v) is 7.02. The highest BCUT2D eigenvalue weighted by Gasteiger charge is 2.19. The molecule has 0 saturated carbocycles. The molecule has 0 radical (unpaired) electrons. The summed E-state index contributed by atoms with van der Waals surface area (Å²) in [5.41, 5.74) is 3.71. The summed E-state index contributed by atoms with van der Waals surface area (Å²) in [6.07, 6.45) is 3.93. The minimum absolute atomic E-state index is 0.252. The van der Waals surface area contributed by atoms with Gasteiger partial charge in [-0.05, 0) is 57.2 Å². The Morgan fingerprint density at radius 2 is 1.71 bits per heavy atom. The van der Waals surface area contributed by atoms with Crippen LogP contribution < -0.4 is 0 Å². The highest BCUT2D eigenvalue weighted by molar-refractivity contribution is 9.11. The van der Waals surface area contributed by atoms with Crippen molar-refractivity contribution < 1.29 is 0 Å². The Morgan fingerprint density at radius 1 is 1.06 bits per heavy atom. The molecule has 86 valence electrons. The maximum Gasteiger partial charge on any atom is 0.0701 e. The van der Waals surface area contributed by atoms with Crippen molar-refractivity contribution in [1.82, 2.24) is 9.97 Å². The zero-order chi connectivity index (χ0) is 11.7. The first-order chi connectivity index (χ1) is 8.34. The van der Waals surface area contributed by atoms with E-state index in [1.807, 2.05) is 24.5 Å². The SMILES string of the molecule is Brc1cc(C(c2ccc[nH]2)c2ccc[nH]2)cs1. The lowest BCUT2D eigenvalue weighted by molar-refractivity contribution is 0.902. The van der Waals surface area contributed by atoms with Crippen LogP contribution in [0.5, 0.6) is 0 Å². The van der Waals surface area contributed by atoms with E-state index >= 15 is 0 Å². The largest absolute Gasteiger partial charge is 0.364 e. The fourth-order valence-electron chi connectivity index (χ4n) is 2.05. The van der Waals surface area contributed by atoms with Gasteiger partial charge in [-0.25, -0.2) is 0 Å². The summed E-state index contributed by atoms with van der Waals surface area (Å²) in [6, 6.07) is 10.5. The zero-order valence-electron chi connectivity index (χ0n) is 8.98. The minimum atomic E-state index is 0.252. The van der Waals surface area contributed by atoms with Crippen molar-refractivity contribution in [1.29, 1.82) is 0 Å². The summed E-state index contributed by atoms with van der Waals surface area (Å²) in [7, 11) is 0. The molecule has 0 aliphatic heterocycles. The average molecular weight is 307 g/mol. The van der Waals surface area contributed by atoms with E-state index in [2.05, 4.69) is 49.5 Å². The van der Waals surface area contributed by atoms with Gasteiger partial charge in [0.05, 0.1) is 9.70 Å². The fourth-order valence-corrected chi connectivity index (χ4v) is 3.25. The topological polar surface area (TPSA) is 31.6 Å². The maximum atomic E-state index is 3.53. The molecule has 3 aromatic heterocycles. The molecule has 4 heteroatoms. The van der Waals surface area contributed by atoms with E-state index in [4.69, 9.17) is 0 Å². The van der Waals surface area contributed by atoms with Gasteiger partial charge in [0, 0.05) is 23.8 Å². The van der Waals surface area contributed by atoms with Crippen LogP contribution in [0.4, 0.5) is 0 Å². The third-order valence-corrected chi connectivity index (χ3v) is 4.31. The van der Waals surface area contributed by atoms with E-state index in [0.717, 1.165) is 3.79 Å². The molecule has 2 nitrogen and oxygen atoms in total. The molecule has 2 N–H and O–H groups in total. The summed E-state index contributed by atoms with van der Waals surface area (Å²) in [5.74, 6) is 0.252. The third-order valence-electron chi connectivity index (χ3n) is 2.79. The molecule has 0 atom stereocenters. The minimum Gasteiger partial charge on any atom is -0.364 e. The Bertz CT molecular complexity index is 547.